The van der Waals surface area contributed by atoms with E-state index in [1.165, 1.54) is 10.7 Å². The Morgan fingerprint density at radius 2 is 1.92 bits per heavy atom. The molecule has 1 heterocycles. The summed E-state index contributed by atoms with van der Waals surface area (Å²) in [4.78, 5) is 27.0. The van der Waals surface area contributed by atoms with Gasteiger partial charge in [0.1, 0.15) is 5.82 Å². The van der Waals surface area contributed by atoms with Crippen molar-refractivity contribution in [3.63, 3.8) is 0 Å². The van der Waals surface area contributed by atoms with Gasteiger partial charge in [0.15, 0.2) is 0 Å². The maximum absolute atomic E-state index is 12.3. The van der Waals surface area contributed by atoms with Crippen molar-refractivity contribution in [2.24, 2.45) is 0 Å². The van der Waals surface area contributed by atoms with E-state index < -0.39 is 10.8 Å². The van der Waals surface area contributed by atoms with Crippen LogP contribution in [0, 0.1) is 17.0 Å². The molecule has 132 valence electrons. The van der Waals surface area contributed by atoms with Crippen LogP contribution in [0.15, 0.2) is 48.5 Å². The predicted octanol–water partition coefficient (Wildman–Crippen LogP) is 3.07. The van der Waals surface area contributed by atoms with Crippen molar-refractivity contribution < 1.29 is 9.72 Å². The molecule has 1 aromatic heterocycles. The fourth-order valence-electron chi connectivity index (χ4n) is 2.41. The van der Waals surface area contributed by atoms with Crippen molar-refractivity contribution in [1.82, 2.24) is 20.1 Å². The quantitative estimate of drug-likeness (QED) is 0.548. The number of benzene rings is 2. The Kier molecular flexibility index (Phi) is 4.94. The van der Waals surface area contributed by atoms with Crippen LogP contribution in [0.3, 0.4) is 0 Å². The molecule has 3 aromatic rings. The van der Waals surface area contributed by atoms with Crippen LogP contribution in [0.5, 0.6) is 0 Å². The first-order chi connectivity index (χ1) is 12.5. The number of nitrogens with one attached hydrogen (secondary N) is 1. The van der Waals surface area contributed by atoms with Gasteiger partial charge in [-0.2, -0.15) is 0 Å². The van der Waals surface area contributed by atoms with E-state index in [0.29, 0.717) is 16.4 Å². The topological polar surface area (TPSA) is 103 Å². The van der Waals surface area contributed by atoms with Gasteiger partial charge in [-0.1, -0.05) is 29.8 Å². The molecule has 0 unspecified atom stereocenters. The molecule has 1 amide bonds. The van der Waals surface area contributed by atoms with Crippen LogP contribution in [-0.4, -0.2) is 25.6 Å². The van der Waals surface area contributed by atoms with E-state index in [9.17, 15) is 14.9 Å². The SMILES string of the molecule is Cc1nc(C(=O)NCc2ccccc2[N+](=O)[O-])nn1-c1ccc(Cl)cc1. The standard InChI is InChI=1S/C17H14ClN5O3/c1-11-20-16(21-22(11)14-8-6-13(18)7-9-14)17(24)19-10-12-4-2-3-5-15(12)23(25)26/h2-9H,10H2,1H3,(H,19,24). The molecular weight excluding hydrogens is 358 g/mol. The maximum atomic E-state index is 12.3. The maximum Gasteiger partial charge on any atom is 0.291 e. The molecule has 0 aliphatic rings. The highest BCUT2D eigenvalue weighted by Gasteiger charge is 2.17. The zero-order chi connectivity index (χ0) is 18.7. The monoisotopic (exact) mass is 371 g/mol. The molecule has 9 heteroatoms. The molecule has 0 saturated heterocycles. The number of hydrogen-bond donors (Lipinski definition) is 1. The number of nitro benzene ring substituents is 1. The number of halogens is 1. The summed E-state index contributed by atoms with van der Waals surface area (Å²) in [6.07, 6.45) is 0. The van der Waals surface area contributed by atoms with E-state index in [2.05, 4.69) is 15.4 Å². The molecule has 8 nitrogen and oxygen atoms in total. The number of aromatic nitrogens is 3. The van der Waals surface area contributed by atoms with Gasteiger partial charge in [-0.15, -0.1) is 5.10 Å². The van der Waals surface area contributed by atoms with Gasteiger partial charge in [0.05, 0.1) is 10.6 Å². The van der Waals surface area contributed by atoms with E-state index in [-0.39, 0.29) is 18.1 Å². The molecular formula is C17H14ClN5O3. The smallest absolute Gasteiger partial charge is 0.291 e. The third-order valence-corrected chi connectivity index (χ3v) is 3.92. The number of para-hydroxylation sites is 1. The van der Waals surface area contributed by atoms with Crippen LogP contribution in [0.1, 0.15) is 22.0 Å². The van der Waals surface area contributed by atoms with Gasteiger partial charge in [0.25, 0.3) is 11.6 Å². The number of aryl methyl sites for hydroxylation is 1. The van der Waals surface area contributed by atoms with Gasteiger partial charge in [-0.3, -0.25) is 14.9 Å². The number of nitro groups is 1. The third-order valence-electron chi connectivity index (χ3n) is 3.67. The number of carbonyl (C=O) groups is 1. The Labute approximate surface area is 153 Å². The zero-order valence-electron chi connectivity index (χ0n) is 13.7. The molecule has 2 aromatic carbocycles. The second-order valence-corrected chi connectivity index (χ2v) is 5.88. The summed E-state index contributed by atoms with van der Waals surface area (Å²) in [5.74, 6) is -0.00170. The van der Waals surface area contributed by atoms with Crippen molar-refractivity contribution in [3.05, 3.63) is 80.9 Å². The predicted molar refractivity (Wildman–Crippen MR) is 95.4 cm³/mol. The lowest BCUT2D eigenvalue weighted by Crippen LogP contribution is -2.24. The van der Waals surface area contributed by atoms with Crippen molar-refractivity contribution in [2.45, 2.75) is 13.5 Å². The molecule has 1 N–H and O–H groups in total. The van der Waals surface area contributed by atoms with Crippen LogP contribution in [0.25, 0.3) is 5.69 Å². The Morgan fingerprint density at radius 1 is 1.23 bits per heavy atom. The summed E-state index contributed by atoms with van der Waals surface area (Å²) >= 11 is 5.87. The molecule has 26 heavy (non-hydrogen) atoms. The van der Waals surface area contributed by atoms with Crippen LogP contribution in [0.4, 0.5) is 5.69 Å². The molecule has 0 saturated carbocycles. The molecule has 0 bridgehead atoms. The van der Waals surface area contributed by atoms with Crippen LogP contribution < -0.4 is 5.32 Å². The van der Waals surface area contributed by atoms with Crippen molar-refractivity contribution >= 4 is 23.2 Å². The van der Waals surface area contributed by atoms with Crippen LogP contribution in [-0.2, 0) is 6.54 Å². The van der Waals surface area contributed by atoms with Gasteiger partial charge < -0.3 is 5.32 Å². The summed E-state index contributed by atoms with van der Waals surface area (Å²) in [5.41, 5.74) is 1.07. The van der Waals surface area contributed by atoms with Crippen LogP contribution >= 0.6 is 11.6 Å². The normalized spacial score (nSPS) is 10.5. The van der Waals surface area contributed by atoms with Gasteiger partial charge in [0.2, 0.25) is 5.82 Å². The molecule has 0 fully saturated rings. The van der Waals surface area contributed by atoms with Crippen molar-refractivity contribution in [3.8, 4) is 5.69 Å². The van der Waals surface area contributed by atoms with Crippen LogP contribution in [0.2, 0.25) is 5.02 Å². The number of carbonyl (C=O) groups excluding carboxylic acids is 1. The van der Waals surface area contributed by atoms with E-state index >= 15 is 0 Å². The molecule has 3 rings (SSSR count). The fraction of sp³-hybridized carbons (Fsp3) is 0.118. The lowest BCUT2D eigenvalue weighted by Gasteiger charge is -2.04. The first-order valence-corrected chi connectivity index (χ1v) is 8.03. The molecule has 0 spiro atoms. The van der Waals surface area contributed by atoms with E-state index in [1.54, 1.807) is 49.4 Å². The van der Waals surface area contributed by atoms with Gasteiger partial charge in [-0.25, -0.2) is 9.67 Å². The summed E-state index contributed by atoms with van der Waals surface area (Å²) in [7, 11) is 0. The van der Waals surface area contributed by atoms with Crippen molar-refractivity contribution in [2.75, 3.05) is 0 Å². The highest BCUT2D eigenvalue weighted by molar-refractivity contribution is 6.30. The minimum Gasteiger partial charge on any atom is -0.345 e. The van der Waals surface area contributed by atoms with E-state index in [4.69, 9.17) is 11.6 Å². The van der Waals surface area contributed by atoms with Crippen molar-refractivity contribution in [1.29, 1.82) is 0 Å². The molecule has 0 atom stereocenters. The average molecular weight is 372 g/mol. The first kappa shape index (κ1) is 17.6. The third kappa shape index (κ3) is 3.70. The molecule has 0 aliphatic heterocycles. The first-order valence-electron chi connectivity index (χ1n) is 7.66. The summed E-state index contributed by atoms with van der Waals surface area (Å²) in [5, 5.41) is 18.4. The summed E-state index contributed by atoms with van der Waals surface area (Å²) in [6.45, 7) is 1.73. The minimum atomic E-state index is -0.515. The number of hydrogen-bond acceptors (Lipinski definition) is 5. The Bertz CT molecular complexity index is 969. The minimum absolute atomic E-state index is 0.00448. The highest BCUT2D eigenvalue weighted by atomic mass is 35.5. The zero-order valence-corrected chi connectivity index (χ0v) is 14.5. The number of nitrogens with zero attached hydrogens (tertiary/aromatic N) is 4. The van der Waals surface area contributed by atoms with E-state index in [1.807, 2.05) is 0 Å². The van der Waals surface area contributed by atoms with Gasteiger partial charge in [-0.05, 0) is 31.2 Å². The highest BCUT2D eigenvalue weighted by Crippen LogP contribution is 2.17. The lowest BCUT2D eigenvalue weighted by atomic mass is 10.2. The molecule has 0 radical (unpaired) electrons. The fourth-order valence-corrected chi connectivity index (χ4v) is 2.53. The summed E-state index contributed by atoms with van der Waals surface area (Å²) in [6, 6.07) is 13.2. The Morgan fingerprint density at radius 3 is 2.62 bits per heavy atom. The second-order valence-electron chi connectivity index (χ2n) is 5.44. The Hall–Kier alpha value is -3.26. The second kappa shape index (κ2) is 7.32. The largest absolute Gasteiger partial charge is 0.345 e. The Balaban J connectivity index is 1.76. The van der Waals surface area contributed by atoms with E-state index in [0.717, 1.165) is 5.69 Å². The average Bonchev–Trinajstić information content (AvgIpc) is 3.02. The molecule has 0 aliphatic carbocycles. The lowest BCUT2D eigenvalue weighted by molar-refractivity contribution is -0.385. The summed E-state index contributed by atoms with van der Waals surface area (Å²) < 4.78 is 1.52. The number of amides is 1. The number of rotatable bonds is 5. The van der Waals surface area contributed by atoms with Gasteiger partial charge >= 0.3 is 0 Å². The van der Waals surface area contributed by atoms with Gasteiger partial charge in [0, 0.05) is 23.2 Å².